The SMILES string of the molecule is CCOC(=O)CP(OCC(F)(F)F)OCC(F)(F)F. The van der Waals surface area contributed by atoms with Crippen LogP contribution in [0, 0.1) is 0 Å². The summed E-state index contributed by atoms with van der Waals surface area (Å²) in [5.41, 5.74) is 0. The summed E-state index contributed by atoms with van der Waals surface area (Å²) in [4.78, 5) is 11.0. The number of halogens is 6. The van der Waals surface area contributed by atoms with Crippen molar-refractivity contribution in [3.63, 3.8) is 0 Å². The van der Waals surface area contributed by atoms with Gasteiger partial charge in [0.15, 0.2) is 8.38 Å². The van der Waals surface area contributed by atoms with E-state index in [2.05, 4.69) is 13.8 Å². The molecule has 0 atom stereocenters. The van der Waals surface area contributed by atoms with Crippen molar-refractivity contribution in [2.75, 3.05) is 26.0 Å². The molecule has 0 heterocycles. The smallest absolute Gasteiger partial charge is 0.412 e. The van der Waals surface area contributed by atoms with Gasteiger partial charge in [0.2, 0.25) is 0 Å². The Morgan fingerprint density at radius 2 is 1.42 bits per heavy atom. The zero-order valence-electron chi connectivity index (χ0n) is 9.68. The number of carbonyl (C=O) groups is 1. The lowest BCUT2D eigenvalue weighted by atomic mass is 10.7. The predicted octanol–water partition coefficient (Wildman–Crippen LogP) is 3.02. The lowest BCUT2D eigenvalue weighted by Crippen LogP contribution is -2.21. The van der Waals surface area contributed by atoms with Crippen LogP contribution in [0.5, 0.6) is 0 Å². The molecule has 19 heavy (non-hydrogen) atoms. The van der Waals surface area contributed by atoms with E-state index >= 15 is 0 Å². The minimum Gasteiger partial charge on any atom is -0.466 e. The van der Waals surface area contributed by atoms with Crippen LogP contribution in [0.4, 0.5) is 26.3 Å². The van der Waals surface area contributed by atoms with Gasteiger partial charge in [-0.2, -0.15) is 26.3 Å². The fraction of sp³-hybridized carbons (Fsp3) is 0.875. The monoisotopic (exact) mass is 316 g/mol. The number of rotatable bonds is 7. The van der Waals surface area contributed by atoms with Gasteiger partial charge >= 0.3 is 18.3 Å². The topological polar surface area (TPSA) is 44.8 Å². The van der Waals surface area contributed by atoms with E-state index in [0.29, 0.717) is 0 Å². The van der Waals surface area contributed by atoms with Crippen molar-refractivity contribution in [2.24, 2.45) is 0 Å². The van der Waals surface area contributed by atoms with Crippen molar-refractivity contribution >= 4 is 14.3 Å². The molecular formula is C8H11F6O4P. The molecule has 11 heteroatoms. The van der Waals surface area contributed by atoms with Crippen LogP contribution in [-0.2, 0) is 18.6 Å². The van der Waals surface area contributed by atoms with Crippen LogP contribution in [0.25, 0.3) is 0 Å². The molecule has 0 amide bonds. The first kappa shape index (κ1) is 18.4. The number of hydrogen-bond acceptors (Lipinski definition) is 4. The fourth-order valence-electron chi connectivity index (χ4n) is 0.731. The second-order valence-corrected chi connectivity index (χ2v) is 4.57. The highest BCUT2D eigenvalue weighted by atomic mass is 31.2. The molecule has 0 spiro atoms. The summed E-state index contributed by atoms with van der Waals surface area (Å²) in [5, 5.41) is 0. The van der Waals surface area contributed by atoms with Gasteiger partial charge in [0.05, 0.1) is 6.61 Å². The van der Waals surface area contributed by atoms with Gasteiger partial charge in [-0.25, -0.2) is 0 Å². The first-order valence-corrected chi connectivity index (χ1v) is 6.22. The highest BCUT2D eigenvalue weighted by Crippen LogP contribution is 2.41. The summed E-state index contributed by atoms with van der Waals surface area (Å²) >= 11 is 0. The summed E-state index contributed by atoms with van der Waals surface area (Å²) in [6.07, 6.45) is -10.2. The molecule has 0 rings (SSSR count). The van der Waals surface area contributed by atoms with E-state index < -0.39 is 46.1 Å². The number of esters is 1. The third-order valence-corrected chi connectivity index (χ3v) is 2.66. The Morgan fingerprint density at radius 3 is 1.74 bits per heavy atom. The van der Waals surface area contributed by atoms with Crippen molar-refractivity contribution in [3.8, 4) is 0 Å². The maximum Gasteiger partial charge on any atom is 0.412 e. The zero-order chi connectivity index (χ0) is 15.1. The van der Waals surface area contributed by atoms with Gasteiger partial charge in [-0.1, -0.05) is 0 Å². The molecule has 0 aromatic heterocycles. The van der Waals surface area contributed by atoms with Crippen LogP contribution in [-0.4, -0.2) is 44.3 Å². The number of ether oxygens (including phenoxy) is 1. The first-order valence-electron chi connectivity index (χ1n) is 4.86. The van der Waals surface area contributed by atoms with Crippen LogP contribution in [0.2, 0.25) is 0 Å². The van der Waals surface area contributed by atoms with E-state index in [1.54, 1.807) is 0 Å². The van der Waals surface area contributed by atoms with E-state index in [4.69, 9.17) is 0 Å². The molecule has 0 aromatic carbocycles. The van der Waals surface area contributed by atoms with Gasteiger partial charge in [0, 0.05) is 0 Å². The maximum absolute atomic E-state index is 11.9. The largest absolute Gasteiger partial charge is 0.466 e. The third kappa shape index (κ3) is 12.2. The molecule has 0 saturated carbocycles. The molecule has 0 radical (unpaired) electrons. The van der Waals surface area contributed by atoms with Gasteiger partial charge in [-0.15, -0.1) is 0 Å². The highest BCUT2D eigenvalue weighted by molar-refractivity contribution is 7.48. The van der Waals surface area contributed by atoms with Crippen molar-refractivity contribution in [1.29, 1.82) is 0 Å². The molecule has 0 aliphatic carbocycles. The molecule has 114 valence electrons. The molecule has 0 N–H and O–H groups in total. The lowest BCUT2D eigenvalue weighted by molar-refractivity contribution is -0.163. The minimum atomic E-state index is -4.73. The standard InChI is InChI=1S/C8H11F6O4P/c1-2-16-6(15)3-19(17-4-7(9,10)11)18-5-8(12,13)14/h2-5H2,1H3. The lowest BCUT2D eigenvalue weighted by Gasteiger charge is -2.18. The Morgan fingerprint density at radius 1 is 1.00 bits per heavy atom. The van der Waals surface area contributed by atoms with Crippen molar-refractivity contribution < 1.29 is 44.9 Å². The van der Waals surface area contributed by atoms with E-state index in [9.17, 15) is 31.1 Å². The van der Waals surface area contributed by atoms with Crippen LogP contribution in [0.15, 0.2) is 0 Å². The summed E-state index contributed by atoms with van der Waals surface area (Å²) in [7, 11) is -2.65. The normalized spacial score (nSPS) is 12.8. The molecular weight excluding hydrogens is 305 g/mol. The van der Waals surface area contributed by atoms with Crippen LogP contribution in [0.1, 0.15) is 6.92 Å². The Hall–Kier alpha value is -0.600. The van der Waals surface area contributed by atoms with Gasteiger partial charge in [-0.3, -0.25) is 4.79 Å². The average molecular weight is 316 g/mol. The molecule has 0 aliphatic rings. The Labute approximate surface area is 105 Å². The highest BCUT2D eigenvalue weighted by Gasteiger charge is 2.34. The predicted molar refractivity (Wildman–Crippen MR) is 52.4 cm³/mol. The van der Waals surface area contributed by atoms with Crippen LogP contribution >= 0.6 is 8.38 Å². The molecule has 0 aromatic rings. The third-order valence-electron chi connectivity index (χ3n) is 1.31. The molecule has 0 aliphatic heterocycles. The van der Waals surface area contributed by atoms with E-state index in [1.165, 1.54) is 6.92 Å². The Kier molecular flexibility index (Phi) is 7.61. The summed E-state index contributed by atoms with van der Waals surface area (Å²) < 4.78 is 83.9. The molecule has 0 fully saturated rings. The second-order valence-electron chi connectivity index (χ2n) is 3.07. The summed E-state index contributed by atoms with van der Waals surface area (Å²) in [6.45, 7) is -2.21. The number of alkyl halides is 6. The van der Waals surface area contributed by atoms with Crippen molar-refractivity contribution in [1.82, 2.24) is 0 Å². The van der Waals surface area contributed by atoms with Gasteiger partial charge < -0.3 is 13.8 Å². The second kappa shape index (κ2) is 7.86. The van der Waals surface area contributed by atoms with E-state index in [-0.39, 0.29) is 6.61 Å². The first-order chi connectivity index (χ1) is 8.53. The number of hydrogen-bond donors (Lipinski definition) is 0. The summed E-state index contributed by atoms with van der Waals surface area (Å²) in [6, 6.07) is 0. The maximum atomic E-state index is 11.9. The molecule has 0 bridgehead atoms. The van der Waals surface area contributed by atoms with E-state index in [0.717, 1.165) is 0 Å². The van der Waals surface area contributed by atoms with E-state index in [1.807, 2.05) is 0 Å². The van der Waals surface area contributed by atoms with Crippen LogP contribution < -0.4 is 0 Å². The molecule has 0 unspecified atom stereocenters. The molecule has 4 nitrogen and oxygen atoms in total. The average Bonchev–Trinajstić information content (AvgIpc) is 2.20. The molecule has 0 saturated heterocycles. The Balaban J connectivity index is 4.34. The Bertz CT molecular complexity index is 261. The summed E-state index contributed by atoms with van der Waals surface area (Å²) in [5.74, 6) is -0.988. The minimum absolute atomic E-state index is 0.0550. The van der Waals surface area contributed by atoms with Crippen molar-refractivity contribution in [3.05, 3.63) is 0 Å². The van der Waals surface area contributed by atoms with Gasteiger partial charge in [0.25, 0.3) is 0 Å². The van der Waals surface area contributed by atoms with Crippen LogP contribution in [0.3, 0.4) is 0 Å². The fourth-order valence-corrected chi connectivity index (χ4v) is 1.87. The van der Waals surface area contributed by atoms with Gasteiger partial charge in [-0.05, 0) is 6.92 Å². The quantitative estimate of drug-likeness (QED) is 0.411. The van der Waals surface area contributed by atoms with Crippen molar-refractivity contribution in [2.45, 2.75) is 19.3 Å². The zero-order valence-corrected chi connectivity index (χ0v) is 10.6. The number of carbonyl (C=O) groups excluding carboxylic acids is 1. The van der Waals surface area contributed by atoms with Gasteiger partial charge in [0.1, 0.15) is 19.4 Å².